The minimum Gasteiger partial charge on any atom is -0.454 e. The number of carbonyl (C=O) groups is 2. The topological polar surface area (TPSA) is 59.1 Å². The molecule has 0 unspecified atom stereocenters. The van der Waals surface area contributed by atoms with E-state index in [1.54, 1.807) is 42.5 Å². The van der Waals surface area contributed by atoms with Crippen molar-refractivity contribution < 1.29 is 19.1 Å². The van der Waals surface area contributed by atoms with Crippen LogP contribution in [-0.4, -0.2) is 54.3 Å². The van der Waals surface area contributed by atoms with E-state index in [1.807, 2.05) is 29.2 Å². The molecule has 0 saturated carbocycles. The molecule has 1 fully saturated rings. The number of hydrogen-bond donors (Lipinski definition) is 0. The predicted octanol–water partition coefficient (Wildman–Crippen LogP) is 4.16. The number of nitrogens with zero attached hydrogens (tertiary/aromatic N) is 2. The second-order valence-corrected chi connectivity index (χ2v) is 9.31. The molecule has 0 amide bonds. The number of Topliss-reactive ketones (excluding diaryl/α,β-unsaturated/α-hetero) is 2. The summed E-state index contributed by atoms with van der Waals surface area (Å²) in [6, 6.07) is 20.3. The summed E-state index contributed by atoms with van der Waals surface area (Å²) in [4.78, 5) is 32.1. The predicted molar refractivity (Wildman–Crippen MR) is 128 cm³/mol. The van der Waals surface area contributed by atoms with Gasteiger partial charge in [-0.05, 0) is 35.4 Å². The van der Waals surface area contributed by atoms with Crippen molar-refractivity contribution in [1.82, 2.24) is 9.80 Å². The van der Waals surface area contributed by atoms with Crippen LogP contribution in [0.3, 0.4) is 0 Å². The molecule has 0 atom stereocenters. The molecule has 172 valence electrons. The van der Waals surface area contributed by atoms with E-state index in [1.165, 1.54) is 0 Å². The van der Waals surface area contributed by atoms with Gasteiger partial charge in [-0.2, -0.15) is 0 Å². The fraction of sp³-hybridized carbons (Fsp3) is 0.259. The number of piperazine rings is 1. The monoisotopic (exact) mass is 474 g/mol. The molecule has 6 rings (SSSR count). The van der Waals surface area contributed by atoms with E-state index in [0.717, 1.165) is 36.7 Å². The minimum atomic E-state index is -1.38. The lowest BCUT2D eigenvalue weighted by Gasteiger charge is -2.44. The first-order valence-corrected chi connectivity index (χ1v) is 11.8. The number of hydrogen-bond acceptors (Lipinski definition) is 6. The molecule has 1 aliphatic carbocycles. The Kier molecular flexibility index (Phi) is 5.17. The SMILES string of the molecule is O=C1c2ccccc2C(=O)C1(c1cccc(Cl)c1)N1CCN(Cc2ccc3c(c2)OCO3)CC1. The maximum absolute atomic E-state index is 13.9. The van der Waals surface area contributed by atoms with Crippen molar-refractivity contribution in [3.63, 3.8) is 0 Å². The van der Waals surface area contributed by atoms with E-state index < -0.39 is 5.54 Å². The molecular formula is C27H23ClN2O4. The Hall–Kier alpha value is -3.19. The molecule has 34 heavy (non-hydrogen) atoms. The van der Waals surface area contributed by atoms with Gasteiger partial charge >= 0.3 is 0 Å². The summed E-state index contributed by atoms with van der Waals surface area (Å²) in [7, 11) is 0. The molecule has 0 spiro atoms. The third-order valence-electron chi connectivity index (χ3n) is 7.01. The Balaban J connectivity index is 1.29. The van der Waals surface area contributed by atoms with Crippen LogP contribution in [0, 0.1) is 0 Å². The van der Waals surface area contributed by atoms with Crippen molar-refractivity contribution in [3.05, 3.63) is 94.0 Å². The Morgan fingerprint density at radius 1 is 0.794 bits per heavy atom. The van der Waals surface area contributed by atoms with Gasteiger partial charge < -0.3 is 9.47 Å². The highest BCUT2D eigenvalue weighted by Crippen LogP contribution is 2.43. The first-order chi connectivity index (χ1) is 16.6. The maximum Gasteiger partial charge on any atom is 0.231 e. The van der Waals surface area contributed by atoms with Gasteiger partial charge in [0.05, 0.1) is 0 Å². The Labute approximate surface area is 202 Å². The van der Waals surface area contributed by atoms with Crippen LogP contribution >= 0.6 is 11.6 Å². The van der Waals surface area contributed by atoms with Crippen LogP contribution in [0.15, 0.2) is 66.7 Å². The van der Waals surface area contributed by atoms with E-state index in [0.29, 0.717) is 34.8 Å². The van der Waals surface area contributed by atoms with E-state index in [9.17, 15) is 9.59 Å². The van der Waals surface area contributed by atoms with Gasteiger partial charge in [-0.1, -0.05) is 54.1 Å². The summed E-state index contributed by atoms with van der Waals surface area (Å²) in [6.07, 6.45) is 0. The summed E-state index contributed by atoms with van der Waals surface area (Å²) in [5.41, 5.74) is 1.36. The molecule has 1 saturated heterocycles. The highest BCUT2D eigenvalue weighted by atomic mass is 35.5. The highest BCUT2D eigenvalue weighted by molar-refractivity contribution is 6.34. The minimum absolute atomic E-state index is 0.167. The highest BCUT2D eigenvalue weighted by Gasteiger charge is 2.58. The largest absolute Gasteiger partial charge is 0.454 e. The van der Waals surface area contributed by atoms with Crippen molar-refractivity contribution in [2.45, 2.75) is 12.1 Å². The van der Waals surface area contributed by atoms with Gasteiger partial charge in [0.2, 0.25) is 6.79 Å². The van der Waals surface area contributed by atoms with Gasteiger partial charge in [-0.3, -0.25) is 19.4 Å². The van der Waals surface area contributed by atoms with E-state index in [-0.39, 0.29) is 18.4 Å². The molecule has 6 nitrogen and oxygen atoms in total. The van der Waals surface area contributed by atoms with E-state index in [2.05, 4.69) is 4.90 Å². The van der Waals surface area contributed by atoms with E-state index >= 15 is 0 Å². The van der Waals surface area contributed by atoms with Crippen LogP contribution in [0.4, 0.5) is 0 Å². The molecule has 0 N–H and O–H groups in total. The Morgan fingerprint density at radius 3 is 2.21 bits per heavy atom. The van der Waals surface area contributed by atoms with Gasteiger partial charge in [-0.25, -0.2) is 0 Å². The molecule has 3 aromatic carbocycles. The number of benzene rings is 3. The lowest BCUT2D eigenvalue weighted by atomic mass is 9.82. The standard InChI is InChI=1S/C27H23ClN2O4/c28-20-5-3-4-19(15-20)27(25(31)21-6-1-2-7-22(21)26(27)32)30-12-10-29(11-13-30)16-18-8-9-23-24(14-18)34-17-33-23/h1-9,14-15H,10-13,16-17H2. The van der Waals surface area contributed by atoms with Crippen LogP contribution < -0.4 is 9.47 Å². The van der Waals surface area contributed by atoms with Crippen LogP contribution in [0.5, 0.6) is 11.5 Å². The second-order valence-electron chi connectivity index (χ2n) is 8.88. The fourth-order valence-corrected chi connectivity index (χ4v) is 5.55. The van der Waals surface area contributed by atoms with Crippen molar-refractivity contribution in [3.8, 4) is 11.5 Å². The molecule has 0 aromatic heterocycles. The molecule has 3 aliphatic rings. The zero-order valence-electron chi connectivity index (χ0n) is 18.5. The lowest BCUT2D eigenvalue weighted by Crippen LogP contribution is -2.60. The molecule has 3 aromatic rings. The summed E-state index contributed by atoms with van der Waals surface area (Å²) < 4.78 is 10.9. The zero-order valence-corrected chi connectivity index (χ0v) is 19.3. The second kappa shape index (κ2) is 8.24. The van der Waals surface area contributed by atoms with Crippen LogP contribution in [0.2, 0.25) is 5.02 Å². The van der Waals surface area contributed by atoms with Gasteiger partial charge in [0.25, 0.3) is 0 Å². The molecule has 2 aliphatic heterocycles. The maximum atomic E-state index is 13.9. The normalized spacial score (nSPS) is 19.4. The Bertz CT molecular complexity index is 1260. The van der Waals surface area contributed by atoms with Crippen LogP contribution in [-0.2, 0) is 12.1 Å². The third-order valence-corrected chi connectivity index (χ3v) is 7.24. The van der Waals surface area contributed by atoms with Gasteiger partial charge in [0.1, 0.15) is 0 Å². The quantitative estimate of drug-likeness (QED) is 0.529. The number of rotatable bonds is 4. The van der Waals surface area contributed by atoms with Gasteiger partial charge in [0.15, 0.2) is 28.6 Å². The molecule has 0 bridgehead atoms. The van der Waals surface area contributed by atoms with Crippen molar-refractivity contribution in [2.75, 3.05) is 33.0 Å². The number of ether oxygens (including phenoxy) is 2. The zero-order chi connectivity index (χ0) is 23.3. The summed E-state index contributed by atoms with van der Waals surface area (Å²) >= 11 is 6.32. The average Bonchev–Trinajstić information content (AvgIpc) is 3.41. The molecule has 0 radical (unpaired) electrons. The van der Waals surface area contributed by atoms with Crippen LogP contribution in [0.1, 0.15) is 31.8 Å². The number of ketones is 2. The first-order valence-electron chi connectivity index (χ1n) is 11.4. The fourth-order valence-electron chi connectivity index (χ4n) is 5.36. The lowest BCUT2D eigenvalue weighted by molar-refractivity contribution is 0.0279. The summed E-state index contributed by atoms with van der Waals surface area (Å²) in [6.45, 7) is 3.65. The van der Waals surface area contributed by atoms with Crippen molar-refractivity contribution >= 4 is 23.2 Å². The molecule has 7 heteroatoms. The number of fused-ring (bicyclic) bond motifs is 2. The van der Waals surface area contributed by atoms with Crippen molar-refractivity contribution in [1.29, 1.82) is 0 Å². The molecule has 2 heterocycles. The van der Waals surface area contributed by atoms with Crippen molar-refractivity contribution in [2.24, 2.45) is 0 Å². The van der Waals surface area contributed by atoms with Gasteiger partial charge in [-0.15, -0.1) is 0 Å². The number of halogens is 1. The first kappa shape index (κ1) is 21.4. The van der Waals surface area contributed by atoms with Crippen LogP contribution in [0.25, 0.3) is 0 Å². The number of carbonyl (C=O) groups excluding carboxylic acids is 2. The van der Waals surface area contributed by atoms with Gasteiger partial charge in [0, 0.05) is 48.9 Å². The Morgan fingerprint density at radius 2 is 1.50 bits per heavy atom. The average molecular weight is 475 g/mol. The smallest absolute Gasteiger partial charge is 0.231 e. The summed E-state index contributed by atoms with van der Waals surface area (Å²) in [5, 5.41) is 0.509. The molecular weight excluding hydrogens is 452 g/mol. The third kappa shape index (κ3) is 3.25. The summed E-state index contributed by atoms with van der Waals surface area (Å²) in [5.74, 6) is 1.21. The van der Waals surface area contributed by atoms with E-state index in [4.69, 9.17) is 21.1 Å².